The highest BCUT2D eigenvalue weighted by atomic mass is 16.5. The van der Waals surface area contributed by atoms with Gasteiger partial charge in [0.15, 0.2) is 11.5 Å². The van der Waals surface area contributed by atoms with E-state index in [9.17, 15) is 5.11 Å². The van der Waals surface area contributed by atoms with Gasteiger partial charge < -0.3 is 15.6 Å². The number of rotatable bonds is 2. The molecule has 0 amide bonds. The molecule has 84 valence electrons. The van der Waals surface area contributed by atoms with Gasteiger partial charge in [-0.25, -0.2) is 0 Å². The summed E-state index contributed by atoms with van der Waals surface area (Å²) in [5.41, 5.74) is 7.07. The lowest BCUT2D eigenvalue weighted by molar-refractivity contribution is 0.324. The average molecular weight is 209 g/mol. The maximum atomic E-state index is 9.45. The van der Waals surface area contributed by atoms with Crippen LogP contribution in [0.2, 0.25) is 0 Å². The van der Waals surface area contributed by atoms with Gasteiger partial charge in [-0.2, -0.15) is 0 Å². The van der Waals surface area contributed by atoms with Gasteiger partial charge in [0, 0.05) is 6.04 Å². The Kier molecular flexibility index (Phi) is 3.25. The van der Waals surface area contributed by atoms with Gasteiger partial charge in [-0.1, -0.05) is 26.8 Å². The molecule has 0 aromatic heterocycles. The zero-order valence-corrected chi connectivity index (χ0v) is 9.74. The Morgan fingerprint density at radius 1 is 1.33 bits per heavy atom. The fourth-order valence-corrected chi connectivity index (χ4v) is 1.39. The molecule has 0 saturated heterocycles. The van der Waals surface area contributed by atoms with Gasteiger partial charge in [0.1, 0.15) is 0 Å². The second kappa shape index (κ2) is 4.11. The van der Waals surface area contributed by atoms with Gasteiger partial charge in [-0.05, 0) is 23.1 Å². The molecule has 1 rings (SSSR count). The van der Waals surface area contributed by atoms with E-state index < -0.39 is 0 Å². The van der Waals surface area contributed by atoms with Crippen LogP contribution < -0.4 is 10.5 Å². The number of hydrogen-bond acceptors (Lipinski definition) is 3. The summed E-state index contributed by atoms with van der Waals surface area (Å²) in [6.45, 7) is 6.24. The molecule has 1 aromatic rings. The largest absolute Gasteiger partial charge is 0.504 e. The van der Waals surface area contributed by atoms with Crippen molar-refractivity contribution in [3.8, 4) is 11.5 Å². The maximum absolute atomic E-state index is 9.45. The van der Waals surface area contributed by atoms with Crippen LogP contribution in [0.1, 0.15) is 32.4 Å². The van der Waals surface area contributed by atoms with E-state index in [1.54, 1.807) is 12.1 Å². The molecule has 0 fully saturated rings. The van der Waals surface area contributed by atoms with Crippen molar-refractivity contribution >= 4 is 0 Å². The molecule has 0 saturated carbocycles. The first-order valence-electron chi connectivity index (χ1n) is 4.98. The Hall–Kier alpha value is -1.22. The van der Waals surface area contributed by atoms with Crippen molar-refractivity contribution in [1.29, 1.82) is 0 Å². The first-order chi connectivity index (χ1) is 6.86. The predicted octanol–water partition coefficient (Wildman–Crippen LogP) is 2.45. The molecule has 0 unspecified atom stereocenters. The van der Waals surface area contributed by atoms with Gasteiger partial charge in [-0.15, -0.1) is 0 Å². The van der Waals surface area contributed by atoms with E-state index in [0.29, 0.717) is 5.75 Å². The van der Waals surface area contributed by atoms with Gasteiger partial charge in [0.25, 0.3) is 0 Å². The summed E-state index contributed by atoms with van der Waals surface area (Å²) >= 11 is 0. The molecule has 0 aliphatic heterocycles. The van der Waals surface area contributed by atoms with Crippen LogP contribution in [0.4, 0.5) is 0 Å². The fraction of sp³-hybridized carbons (Fsp3) is 0.500. The van der Waals surface area contributed by atoms with Crippen molar-refractivity contribution in [2.45, 2.75) is 26.8 Å². The normalized spacial score (nSPS) is 13.7. The van der Waals surface area contributed by atoms with Gasteiger partial charge in [0.05, 0.1) is 7.11 Å². The number of phenols is 1. The molecule has 3 nitrogen and oxygen atoms in total. The summed E-state index contributed by atoms with van der Waals surface area (Å²) in [6, 6.07) is 5.14. The Balaban J connectivity index is 3.06. The summed E-state index contributed by atoms with van der Waals surface area (Å²) in [5.74, 6) is 0.606. The minimum Gasteiger partial charge on any atom is -0.504 e. The summed E-state index contributed by atoms with van der Waals surface area (Å²) in [7, 11) is 1.53. The molecular weight excluding hydrogens is 190 g/mol. The molecule has 1 atom stereocenters. The summed E-state index contributed by atoms with van der Waals surface area (Å²) in [6.07, 6.45) is 0. The SMILES string of the molecule is COc1cc([C@@H](N)C(C)(C)C)ccc1O. The van der Waals surface area contributed by atoms with Crippen molar-refractivity contribution in [2.75, 3.05) is 7.11 Å². The van der Waals surface area contributed by atoms with Crippen molar-refractivity contribution in [2.24, 2.45) is 11.1 Å². The number of nitrogens with two attached hydrogens (primary N) is 1. The first-order valence-corrected chi connectivity index (χ1v) is 4.98. The van der Waals surface area contributed by atoms with E-state index in [4.69, 9.17) is 10.5 Å². The number of ether oxygens (including phenoxy) is 1. The van der Waals surface area contributed by atoms with E-state index >= 15 is 0 Å². The monoisotopic (exact) mass is 209 g/mol. The lowest BCUT2D eigenvalue weighted by atomic mass is 9.83. The van der Waals surface area contributed by atoms with E-state index in [2.05, 4.69) is 20.8 Å². The highest BCUT2D eigenvalue weighted by Crippen LogP contribution is 2.34. The smallest absolute Gasteiger partial charge is 0.160 e. The van der Waals surface area contributed by atoms with Crippen LogP contribution in [0.25, 0.3) is 0 Å². The quantitative estimate of drug-likeness (QED) is 0.786. The second-order valence-corrected chi connectivity index (χ2v) is 4.77. The number of phenolic OH excluding ortho intramolecular Hbond substituents is 1. The molecule has 0 heterocycles. The third-order valence-corrected chi connectivity index (χ3v) is 2.50. The van der Waals surface area contributed by atoms with Crippen LogP contribution in [0.3, 0.4) is 0 Å². The Bertz CT molecular complexity index is 342. The second-order valence-electron chi connectivity index (χ2n) is 4.77. The summed E-state index contributed by atoms with van der Waals surface area (Å²) in [4.78, 5) is 0. The van der Waals surface area contributed by atoms with Crippen LogP contribution in [0.15, 0.2) is 18.2 Å². The van der Waals surface area contributed by atoms with Crippen molar-refractivity contribution < 1.29 is 9.84 Å². The molecule has 0 aliphatic carbocycles. The fourth-order valence-electron chi connectivity index (χ4n) is 1.39. The lowest BCUT2D eigenvalue weighted by Gasteiger charge is -2.27. The molecule has 3 N–H and O–H groups in total. The summed E-state index contributed by atoms with van der Waals surface area (Å²) < 4.78 is 5.04. The first kappa shape index (κ1) is 11.9. The molecule has 0 spiro atoms. The molecule has 1 aromatic carbocycles. The number of hydrogen-bond donors (Lipinski definition) is 2. The lowest BCUT2D eigenvalue weighted by Crippen LogP contribution is -2.26. The minimum absolute atomic E-state index is 0.0119. The van der Waals surface area contributed by atoms with Crippen molar-refractivity contribution in [1.82, 2.24) is 0 Å². The number of methoxy groups -OCH3 is 1. The van der Waals surface area contributed by atoms with Gasteiger partial charge in [-0.3, -0.25) is 0 Å². The van der Waals surface area contributed by atoms with E-state index in [1.165, 1.54) is 7.11 Å². The Morgan fingerprint density at radius 3 is 2.40 bits per heavy atom. The Morgan fingerprint density at radius 2 is 1.93 bits per heavy atom. The molecule has 0 aliphatic rings. The average Bonchev–Trinajstić information content (AvgIpc) is 2.16. The molecular formula is C12H19NO2. The van der Waals surface area contributed by atoms with Crippen LogP contribution in [0.5, 0.6) is 11.5 Å². The third kappa shape index (κ3) is 2.63. The third-order valence-electron chi connectivity index (χ3n) is 2.50. The van der Waals surface area contributed by atoms with Crippen LogP contribution in [-0.2, 0) is 0 Å². The molecule has 0 bridgehead atoms. The highest BCUT2D eigenvalue weighted by Gasteiger charge is 2.22. The molecule has 3 heteroatoms. The van der Waals surface area contributed by atoms with Crippen molar-refractivity contribution in [3.63, 3.8) is 0 Å². The van der Waals surface area contributed by atoms with Crippen LogP contribution >= 0.6 is 0 Å². The number of benzene rings is 1. The summed E-state index contributed by atoms with van der Waals surface area (Å²) in [5, 5.41) is 9.45. The topological polar surface area (TPSA) is 55.5 Å². The highest BCUT2D eigenvalue weighted by molar-refractivity contribution is 5.42. The maximum Gasteiger partial charge on any atom is 0.160 e. The van der Waals surface area contributed by atoms with E-state index in [-0.39, 0.29) is 17.2 Å². The van der Waals surface area contributed by atoms with Gasteiger partial charge >= 0.3 is 0 Å². The van der Waals surface area contributed by atoms with Crippen LogP contribution in [0, 0.1) is 5.41 Å². The molecule has 0 radical (unpaired) electrons. The van der Waals surface area contributed by atoms with E-state index in [1.807, 2.05) is 6.07 Å². The zero-order chi connectivity index (χ0) is 11.6. The van der Waals surface area contributed by atoms with E-state index in [0.717, 1.165) is 5.56 Å². The minimum atomic E-state index is -0.0769. The standard InChI is InChI=1S/C12H19NO2/c1-12(2,3)11(13)8-5-6-9(14)10(7-8)15-4/h5-7,11,14H,13H2,1-4H3/t11-/m1/s1. The zero-order valence-electron chi connectivity index (χ0n) is 9.74. The number of aromatic hydroxyl groups is 1. The predicted molar refractivity (Wildman–Crippen MR) is 61.0 cm³/mol. The Labute approximate surface area is 90.9 Å². The van der Waals surface area contributed by atoms with Gasteiger partial charge in [0.2, 0.25) is 0 Å². The van der Waals surface area contributed by atoms with Crippen molar-refractivity contribution in [3.05, 3.63) is 23.8 Å². The molecule has 15 heavy (non-hydrogen) atoms. The van der Waals surface area contributed by atoms with Crippen LogP contribution in [-0.4, -0.2) is 12.2 Å².